The first-order chi connectivity index (χ1) is 26.5. The van der Waals surface area contributed by atoms with Crippen LogP contribution >= 0.6 is 11.8 Å². The van der Waals surface area contributed by atoms with Crippen LogP contribution in [0.4, 0.5) is 17.6 Å². The van der Waals surface area contributed by atoms with Gasteiger partial charge in [-0.2, -0.15) is 18.2 Å². The summed E-state index contributed by atoms with van der Waals surface area (Å²) in [4.78, 5) is 33.5. The summed E-state index contributed by atoms with van der Waals surface area (Å²) < 4.78 is 136. The van der Waals surface area contributed by atoms with Crippen molar-refractivity contribution in [2.45, 2.75) is 70.2 Å². The van der Waals surface area contributed by atoms with Gasteiger partial charge >= 0.3 is 6.18 Å². The van der Waals surface area contributed by atoms with Crippen molar-refractivity contribution >= 4 is 17.7 Å². The van der Waals surface area contributed by atoms with Crippen molar-refractivity contribution in [1.82, 2.24) is 19.4 Å². The molecule has 0 aliphatic heterocycles. The van der Waals surface area contributed by atoms with Gasteiger partial charge in [-0.05, 0) is 91.4 Å². The van der Waals surface area contributed by atoms with Gasteiger partial charge in [-0.3, -0.25) is 9.59 Å². The van der Waals surface area contributed by atoms with E-state index in [1.54, 1.807) is 13.8 Å². The molecule has 0 fully saturated rings. The summed E-state index contributed by atoms with van der Waals surface area (Å²) in [6.07, 6.45) is -3.85. The van der Waals surface area contributed by atoms with Gasteiger partial charge in [0.15, 0.2) is 5.16 Å². The SMILES string of the molecule is [2H]c1c([2H])c(-c2ccc(C(F)(F)F)cc2)c(C)c([2H])c1CN(C(=O)C([2H])([2H])n1c(SCc2ccc(F)cc2)nc(=O)c2c1CCC2)C([2H])([2H])C([2H])([2H])N(CC)CC. The molecule has 11 heteroatoms. The zero-order valence-corrected chi connectivity index (χ0v) is 27.4. The summed E-state index contributed by atoms with van der Waals surface area (Å²) in [5.41, 5.74) is -1.16. The van der Waals surface area contributed by atoms with Gasteiger partial charge in [-0.15, -0.1) is 0 Å². The van der Waals surface area contributed by atoms with E-state index in [0.717, 1.165) is 45.5 Å². The second-order valence-electron chi connectivity index (χ2n) is 11.1. The minimum atomic E-state index is -4.65. The van der Waals surface area contributed by atoms with Gasteiger partial charge < -0.3 is 14.4 Å². The third-order valence-corrected chi connectivity index (χ3v) is 8.82. The highest BCUT2D eigenvalue weighted by atomic mass is 32.2. The van der Waals surface area contributed by atoms with E-state index >= 15 is 0 Å². The topological polar surface area (TPSA) is 58.4 Å². The van der Waals surface area contributed by atoms with Crippen LogP contribution < -0.4 is 5.56 Å². The summed E-state index contributed by atoms with van der Waals surface area (Å²) in [5.74, 6) is -2.07. The van der Waals surface area contributed by atoms with E-state index in [-0.39, 0.29) is 69.7 Å². The van der Waals surface area contributed by atoms with E-state index in [4.69, 9.17) is 6.85 Å². The minimum absolute atomic E-state index is 0.00427. The van der Waals surface area contributed by atoms with E-state index in [9.17, 15) is 32.6 Å². The van der Waals surface area contributed by atoms with Crippen LogP contribution in [0.1, 0.15) is 66.1 Å². The Labute approximate surface area is 295 Å². The first kappa shape index (κ1) is 25.1. The van der Waals surface area contributed by atoms with Gasteiger partial charge in [0.2, 0.25) is 5.91 Å². The molecule has 0 saturated heterocycles. The van der Waals surface area contributed by atoms with Gasteiger partial charge in [0.1, 0.15) is 12.3 Å². The van der Waals surface area contributed by atoms with Gasteiger partial charge in [0, 0.05) is 39.3 Å². The molecule has 1 aliphatic rings. The zero-order chi connectivity index (χ0) is 42.4. The first-order valence-electron chi connectivity index (χ1n) is 19.9. The second-order valence-corrected chi connectivity index (χ2v) is 12.0. The highest BCUT2D eigenvalue weighted by Crippen LogP contribution is 2.32. The van der Waals surface area contributed by atoms with Crippen molar-refractivity contribution in [3.05, 3.63) is 116 Å². The third kappa shape index (κ3) is 8.54. The van der Waals surface area contributed by atoms with Gasteiger partial charge in [0.05, 0.1) is 15.2 Å². The molecule has 0 atom stereocenters. The van der Waals surface area contributed by atoms with Crippen LogP contribution in [0, 0.1) is 12.7 Å². The van der Waals surface area contributed by atoms with E-state index in [1.165, 1.54) is 31.2 Å². The molecule has 4 aromatic rings. The molecule has 1 aliphatic carbocycles. The first-order valence-corrected chi connectivity index (χ1v) is 16.4. The predicted molar refractivity (Wildman–Crippen MR) is 181 cm³/mol. The minimum Gasteiger partial charge on any atom is -0.336 e. The maximum Gasteiger partial charge on any atom is 0.416 e. The molecule has 0 spiro atoms. The van der Waals surface area contributed by atoms with Crippen LogP contribution in [0.25, 0.3) is 11.1 Å². The number of carbonyl (C=O) groups is 1. The van der Waals surface area contributed by atoms with Crippen LogP contribution in [0.15, 0.2) is 76.6 Å². The molecule has 3 aromatic carbocycles. The number of carbonyl (C=O) groups excluding carboxylic acids is 1. The molecule has 0 N–H and O–H groups in total. The number of benzene rings is 3. The van der Waals surface area contributed by atoms with Crippen molar-refractivity contribution in [1.29, 1.82) is 0 Å². The molecular formula is C37H40F4N4O2S. The van der Waals surface area contributed by atoms with Crippen LogP contribution in [-0.4, -0.2) is 51.3 Å². The van der Waals surface area contributed by atoms with Gasteiger partial charge in [-0.25, -0.2) is 4.39 Å². The monoisotopic (exact) mass is 689 g/mol. The highest BCUT2D eigenvalue weighted by molar-refractivity contribution is 7.98. The van der Waals surface area contributed by atoms with Crippen molar-refractivity contribution in [3.63, 3.8) is 0 Å². The average Bonchev–Trinajstić information content (AvgIpc) is 3.64. The summed E-state index contributed by atoms with van der Waals surface area (Å²) in [6, 6.07) is 7.37. The predicted octanol–water partition coefficient (Wildman–Crippen LogP) is 7.53. The number of amides is 1. The van der Waals surface area contributed by atoms with E-state index in [2.05, 4.69) is 4.98 Å². The number of thioether (sulfide) groups is 1. The summed E-state index contributed by atoms with van der Waals surface area (Å²) in [5, 5.41) is -0.247. The summed E-state index contributed by atoms with van der Waals surface area (Å²) in [6.45, 7) is -6.32. The lowest BCUT2D eigenvalue weighted by molar-refractivity contribution is -0.137. The fraction of sp³-hybridized carbons (Fsp3) is 0.378. The van der Waals surface area contributed by atoms with E-state index in [0.29, 0.717) is 12.0 Å². The van der Waals surface area contributed by atoms with E-state index in [1.807, 2.05) is 0 Å². The Bertz CT molecular complexity index is 2190. The van der Waals surface area contributed by atoms with Crippen LogP contribution in [-0.2, 0) is 42.6 Å². The molecule has 1 aromatic heterocycles. The van der Waals surface area contributed by atoms with Crippen molar-refractivity contribution in [3.8, 4) is 11.1 Å². The highest BCUT2D eigenvalue weighted by Gasteiger charge is 2.30. The second kappa shape index (κ2) is 15.5. The van der Waals surface area contributed by atoms with Crippen molar-refractivity contribution in [2.75, 3.05) is 26.1 Å². The number of rotatable bonds is 13. The molecule has 6 nitrogen and oxygen atoms in total. The number of hydrogen-bond acceptors (Lipinski definition) is 5. The fourth-order valence-electron chi connectivity index (χ4n) is 5.20. The lowest BCUT2D eigenvalue weighted by Gasteiger charge is -2.28. The summed E-state index contributed by atoms with van der Waals surface area (Å²) >= 11 is 0.877. The van der Waals surface area contributed by atoms with Crippen LogP contribution in [0.2, 0.25) is 0 Å². The summed E-state index contributed by atoms with van der Waals surface area (Å²) in [7, 11) is 0. The molecular weight excluding hydrogens is 640 g/mol. The fourth-order valence-corrected chi connectivity index (χ4v) is 6.12. The maximum atomic E-state index is 14.9. The zero-order valence-electron chi connectivity index (χ0n) is 35.6. The lowest BCUT2D eigenvalue weighted by atomic mass is 9.97. The van der Waals surface area contributed by atoms with E-state index < -0.39 is 78.7 Å². The Balaban J connectivity index is 1.68. The smallest absolute Gasteiger partial charge is 0.336 e. The number of aromatic nitrogens is 2. The van der Waals surface area contributed by atoms with Crippen molar-refractivity contribution in [2.24, 2.45) is 0 Å². The Morgan fingerprint density at radius 1 is 1.02 bits per heavy atom. The number of nitrogens with zero attached hydrogens (tertiary/aromatic N) is 4. The number of likely N-dealkylation sites (N-methyl/N-ethyl adjacent to an activating group) is 1. The number of alkyl halides is 3. The third-order valence-electron chi connectivity index (χ3n) is 7.81. The van der Waals surface area contributed by atoms with Crippen molar-refractivity contribution < 1.29 is 34.7 Å². The van der Waals surface area contributed by atoms with Gasteiger partial charge in [0.25, 0.3) is 5.56 Å². The normalized spacial score (nSPS) is 16.5. The molecule has 0 saturated carbocycles. The Morgan fingerprint density at radius 3 is 2.40 bits per heavy atom. The largest absolute Gasteiger partial charge is 0.416 e. The number of halogens is 4. The maximum absolute atomic E-state index is 14.9. The molecule has 0 bridgehead atoms. The molecule has 5 rings (SSSR count). The molecule has 0 radical (unpaired) electrons. The van der Waals surface area contributed by atoms with Crippen LogP contribution in [0.3, 0.4) is 0 Å². The average molecular weight is 690 g/mol. The molecule has 1 amide bonds. The molecule has 254 valence electrons. The quantitative estimate of drug-likeness (QED) is 0.0826. The Hall–Kier alpha value is -3.96. The van der Waals surface area contributed by atoms with Gasteiger partial charge in [-0.1, -0.05) is 68.0 Å². The number of hydrogen-bond donors (Lipinski definition) is 0. The molecule has 1 heterocycles. The Morgan fingerprint density at radius 2 is 1.73 bits per heavy atom. The molecule has 48 heavy (non-hydrogen) atoms. The lowest BCUT2D eigenvalue weighted by Crippen LogP contribution is -2.40. The molecule has 0 unspecified atom stereocenters. The number of fused-ring (bicyclic) bond motifs is 1. The Kier molecular flexibility index (Phi) is 8.10. The van der Waals surface area contributed by atoms with Crippen LogP contribution in [0.5, 0.6) is 0 Å². The standard InChI is InChI=1S/C37H40F4N4O2S/c1-4-43(5-2)19-20-44(22-27-11-18-31(25(3)21-27)28-12-14-29(15-13-28)37(39,40)41)34(46)23-45-33-8-6-7-32(33)35(47)42-36(45)48-24-26-9-16-30(38)17-10-26/h9-18,21H,4-8,19-20,22-24H2,1-3H3/i11D,18D,19D2,20D2,21D,23D2.